The molecule has 4 aromatic rings. The van der Waals surface area contributed by atoms with Crippen LogP contribution in [0.5, 0.6) is 5.75 Å². The largest absolute Gasteiger partial charge is 0.490 e. The van der Waals surface area contributed by atoms with Crippen LogP contribution in [0.3, 0.4) is 0 Å². The number of hydrogen-bond acceptors (Lipinski definition) is 6. The van der Waals surface area contributed by atoms with Crippen molar-refractivity contribution in [3.05, 3.63) is 82.1 Å². The van der Waals surface area contributed by atoms with Crippen LogP contribution in [0.4, 0.5) is 5.69 Å². The Balaban J connectivity index is 1.59. The van der Waals surface area contributed by atoms with E-state index in [4.69, 9.17) is 9.15 Å². The van der Waals surface area contributed by atoms with Crippen LogP contribution < -0.4 is 10.2 Å². The summed E-state index contributed by atoms with van der Waals surface area (Å²) in [6.07, 6.45) is 1.51. The average Bonchev–Trinajstić information content (AvgIpc) is 3.18. The zero-order valence-corrected chi connectivity index (χ0v) is 16.9. The van der Waals surface area contributed by atoms with Crippen LogP contribution in [0.15, 0.2) is 70.2 Å². The van der Waals surface area contributed by atoms with Crippen LogP contribution in [0.1, 0.15) is 30.0 Å². The molecule has 0 aliphatic carbocycles. The Hall–Kier alpha value is -4.20. The number of non-ortho nitro benzene ring substituents is 1. The van der Waals surface area contributed by atoms with Gasteiger partial charge in [-0.15, -0.1) is 0 Å². The number of carbonyl (C=O) groups excluding carboxylic acids is 1. The van der Waals surface area contributed by atoms with Gasteiger partial charge < -0.3 is 9.15 Å². The van der Waals surface area contributed by atoms with Crippen molar-refractivity contribution in [1.82, 2.24) is 5.43 Å². The van der Waals surface area contributed by atoms with Crippen molar-refractivity contribution in [2.45, 2.75) is 20.0 Å². The van der Waals surface area contributed by atoms with Gasteiger partial charge in [0.25, 0.3) is 5.69 Å². The van der Waals surface area contributed by atoms with Crippen LogP contribution in [0.25, 0.3) is 21.7 Å². The molecule has 1 N–H and O–H groups in total. The van der Waals surface area contributed by atoms with E-state index in [1.807, 2.05) is 50.2 Å². The highest BCUT2D eigenvalue weighted by molar-refractivity contribution is 6.03. The summed E-state index contributed by atoms with van der Waals surface area (Å²) in [5.74, 6) is 0.0913. The van der Waals surface area contributed by atoms with Crippen LogP contribution in [-0.4, -0.2) is 23.1 Å². The van der Waals surface area contributed by atoms with Crippen molar-refractivity contribution >= 4 is 39.6 Å². The summed E-state index contributed by atoms with van der Waals surface area (Å²) in [5, 5.41) is 17.4. The number of hydrazone groups is 1. The molecule has 4 rings (SSSR count). The lowest BCUT2D eigenvalue weighted by molar-refractivity contribution is -0.384. The van der Waals surface area contributed by atoms with E-state index in [2.05, 4.69) is 10.5 Å². The first-order valence-electron chi connectivity index (χ1n) is 9.62. The molecule has 0 fully saturated rings. The fourth-order valence-electron chi connectivity index (χ4n) is 3.23. The lowest BCUT2D eigenvalue weighted by Gasteiger charge is -2.14. The Bertz CT molecular complexity index is 1320. The van der Waals surface area contributed by atoms with Crippen molar-refractivity contribution in [2.24, 2.45) is 5.10 Å². The maximum absolute atomic E-state index is 12.5. The first kappa shape index (κ1) is 20.1. The number of benzene rings is 3. The molecule has 0 bridgehead atoms. The third-order valence-corrected chi connectivity index (χ3v) is 4.59. The minimum atomic E-state index is -0.568. The van der Waals surface area contributed by atoms with E-state index >= 15 is 0 Å². The van der Waals surface area contributed by atoms with Gasteiger partial charge in [-0.3, -0.25) is 14.9 Å². The second-order valence-electron chi connectivity index (χ2n) is 7.15. The smallest absolute Gasteiger partial charge is 0.307 e. The topological polar surface area (TPSA) is 107 Å². The zero-order valence-electron chi connectivity index (χ0n) is 16.9. The number of nitrogens with zero attached hydrogens (tertiary/aromatic N) is 2. The first-order chi connectivity index (χ1) is 14.9. The molecular formula is C23H19N3O5. The first-order valence-corrected chi connectivity index (χ1v) is 9.62. The molecule has 0 unspecified atom stereocenters. The number of fused-ring (bicyclic) bond motifs is 2. The number of nitrogens with one attached hydrogen (secondary N) is 1. The molecule has 1 heterocycles. The molecule has 3 aromatic carbocycles. The van der Waals surface area contributed by atoms with Crippen molar-refractivity contribution in [3.8, 4) is 5.75 Å². The van der Waals surface area contributed by atoms with Crippen LogP contribution in [0, 0.1) is 10.1 Å². The van der Waals surface area contributed by atoms with E-state index in [0.717, 1.165) is 16.3 Å². The third-order valence-electron chi connectivity index (χ3n) is 4.59. The fourth-order valence-corrected chi connectivity index (χ4v) is 3.23. The number of ether oxygens (including phenoxy) is 1. The Kier molecular flexibility index (Phi) is 5.36. The van der Waals surface area contributed by atoms with E-state index in [-0.39, 0.29) is 17.6 Å². The normalized spacial score (nSPS) is 11.5. The molecule has 0 spiro atoms. The summed E-state index contributed by atoms with van der Waals surface area (Å²) in [6, 6.07) is 17.2. The van der Waals surface area contributed by atoms with Crippen LogP contribution in [-0.2, 0) is 0 Å². The number of nitro benzene ring substituents is 1. The summed E-state index contributed by atoms with van der Waals surface area (Å²) in [6.45, 7) is 3.87. The lowest BCUT2D eigenvalue weighted by atomic mass is 10.0. The van der Waals surface area contributed by atoms with Gasteiger partial charge in [0.2, 0.25) is 0 Å². The summed E-state index contributed by atoms with van der Waals surface area (Å²) in [4.78, 5) is 22.9. The minimum Gasteiger partial charge on any atom is -0.490 e. The Morgan fingerprint density at radius 3 is 2.71 bits per heavy atom. The van der Waals surface area contributed by atoms with Gasteiger partial charge >= 0.3 is 5.91 Å². The van der Waals surface area contributed by atoms with Gasteiger partial charge in [-0.25, -0.2) is 5.43 Å². The average molecular weight is 417 g/mol. The van der Waals surface area contributed by atoms with Crippen molar-refractivity contribution in [3.63, 3.8) is 0 Å². The predicted octanol–water partition coefficient (Wildman–Crippen LogP) is 5.05. The van der Waals surface area contributed by atoms with E-state index < -0.39 is 10.8 Å². The highest BCUT2D eigenvalue weighted by Crippen LogP contribution is 2.28. The van der Waals surface area contributed by atoms with Gasteiger partial charge in [-0.1, -0.05) is 30.3 Å². The quantitative estimate of drug-likeness (QED) is 0.268. The summed E-state index contributed by atoms with van der Waals surface area (Å²) in [5.41, 5.74) is 3.48. The summed E-state index contributed by atoms with van der Waals surface area (Å²) < 4.78 is 11.4. The number of rotatable bonds is 6. The summed E-state index contributed by atoms with van der Waals surface area (Å²) >= 11 is 0. The second kappa shape index (κ2) is 8.27. The van der Waals surface area contributed by atoms with Crippen LogP contribution >= 0.6 is 0 Å². The highest BCUT2D eigenvalue weighted by atomic mass is 16.6. The van der Waals surface area contributed by atoms with Gasteiger partial charge in [0, 0.05) is 23.1 Å². The molecule has 0 saturated heterocycles. The number of furan rings is 1. The maximum atomic E-state index is 12.5. The van der Waals surface area contributed by atoms with Gasteiger partial charge in [0.15, 0.2) is 5.76 Å². The molecule has 1 amide bonds. The molecule has 0 aliphatic rings. The van der Waals surface area contributed by atoms with Crippen LogP contribution in [0.2, 0.25) is 0 Å². The highest BCUT2D eigenvalue weighted by Gasteiger charge is 2.15. The SMILES string of the molecule is CC(C)Oc1ccc2ccccc2c1/C=N/NC(=O)c1cc2cc([N+](=O)[O-])ccc2o1. The number of carbonyl (C=O) groups is 1. The molecular weight excluding hydrogens is 398 g/mol. The summed E-state index contributed by atoms with van der Waals surface area (Å²) in [7, 11) is 0. The minimum absolute atomic E-state index is 0.00391. The standard InChI is InChI=1S/C23H19N3O5/c1-14(2)30-21-9-7-15-5-3-4-6-18(15)19(21)13-24-25-23(27)22-12-16-11-17(26(28)29)8-10-20(16)31-22/h3-14H,1-2H3,(H,25,27)/b24-13+. The third kappa shape index (κ3) is 4.23. The molecule has 31 heavy (non-hydrogen) atoms. The lowest BCUT2D eigenvalue weighted by Crippen LogP contribution is -2.17. The molecule has 1 aromatic heterocycles. The Morgan fingerprint density at radius 2 is 1.94 bits per heavy atom. The Labute approximate surface area is 177 Å². The molecule has 0 aliphatic heterocycles. The number of nitro groups is 1. The van der Waals surface area contributed by atoms with Crippen molar-refractivity contribution in [2.75, 3.05) is 0 Å². The van der Waals surface area contributed by atoms with E-state index in [1.54, 1.807) is 0 Å². The predicted molar refractivity (Wildman–Crippen MR) is 118 cm³/mol. The Morgan fingerprint density at radius 1 is 1.13 bits per heavy atom. The number of hydrogen-bond donors (Lipinski definition) is 1. The second-order valence-corrected chi connectivity index (χ2v) is 7.15. The molecule has 8 nitrogen and oxygen atoms in total. The molecule has 156 valence electrons. The maximum Gasteiger partial charge on any atom is 0.307 e. The van der Waals surface area contributed by atoms with Gasteiger partial charge in [0.1, 0.15) is 11.3 Å². The molecule has 0 saturated carbocycles. The van der Waals surface area contributed by atoms with E-state index in [0.29, 0.717) is 16.7 Å². The number of amides is 1. The van der Waals surface area contributed by atoms with Gasteiger partial charge in [0.05, 0.1) is 17.2 Å². The molecule has 8 heteroatoms. The monoisotopic (exact) mass is 417 g/mol. The zero-order chi connectivity index (χ0) is 22.0. The molecule has 0 atom stereocenters. The molecule has 0 radical (unpaired) electrons. The van der Waals surface area contributed by atoms with Crippen molar-refractivity contribution in [1.29, 1.82) is 0 Å². The van der Waals surface area contributed by atoms with E-state index in [1.165, 1.54) is 30.5 Å². The van der Waals surface area contributed by atoms with Gasteiger partial charge in [-0.05, 0) is 42.8 Å². The van der Waals surface area contributed by atoms with E-state index in [9.17, 15) is 14.9 Å². The van der Waals surface area contributed by atoms with Crippen molar-refractivity contribution < 1.29 is 18.9 Å². The fraction of sp³-hybridized carbons (Fsp3) is 0.130. The van der Waals surface area contributed by atoms with Gasteiger partial charge in [-0.2, -0.15) is 5.10 Å².